The molecule has 0 spiro atoms. The van der Waals surface area contributed by atoms with Gasteiger partial charge in [0.2, 0.25) is 0 Å². The monoisotopic (exact) mass is 196 g/mol. The first-order valence-corrected chi connectivity index (χ1v) is 5.02. The van der Waals surface area contributed by atoms with Crippen molar-refractivity contribution < 1.29 is 14.2 Å². The molecule has 4 atom stereocenters. The van der Waals surface area contributed by atoms with Crippen LogP contribution in [0.4, 0.5) is 0 Å². The Kier molecular flexibility index (Phi) is 2.45. The largest absolute Gasteiger partial charge is 0.382 e. The maximum absolute atomic E-state index is 5.95. The molecule has 4 heteroatoms. The van der Waals surface area contributed by atoms with Gasteiger partial charge >= 0.3 is 0 Å². The van der Waals surface area contributed by atoms with Gasteiger partial charge in [-0.3, -0.25) is 0 Å². The van der Waals surface area contributed by atoms with E-state index in [1.165, 1.54) is 5.57 Å². The number of rotatable bonds is 3. The number of methoxy groups -OCH3 is 2. The van der Waals surface area contributed by atoms with Crippen LogP contribution in [-0.4, -0.2) is 46.4 Å². The van der Waals surface area contributed by atoms with Gasteiger partial charge in [0, 0.05) is 32.6 Å². The fourth-order valence-corrected chi connectivity index (χ4v) is 3.05. The predicted molar refractivity (Wildman–Crippen MR) is 56.1 cm³/mol. The predicted octanol–water partition coefficient (Wildman–Crippen LogP) is -0.0479. The Morgan fingerprint density at radius 3 is 2.86 bits per heavy atom. The molecule has 14 heavy (non-hydrogen) atoms. The summed E-state index contributed by atoms with van der Waals surface area (Å²) in [5.74, 6) is 0.343. The van der Waals surface area contributed by atoms with E-state index in [9.17, 15) is 0 Å². The number of hydrogen-bond acceptors (Lipinski definition) is 3. The standard InChI is InChI=1S/C10H17BO3/c1-6-4-10(5-12-2)8(13-3)7(6)9(11)14-10/h7-9H,1,4-5,11H2,2-3H3/t7?,8?,9-,10+/m1/s1. The van der Waals surface area contributed by atoms with Gasteiger partial charge in [-0.2, -0.15) is 0 Å². The fourth-order valence-electron chi connectivity index (χ4n) is 3.05. The molecule has 0 aromatic carbocycles. The summed E-state index contributed by atoms with van der Waals surface area (Å²) < 4.78 is 16.7. The van der Waals surface area contributed by atoms with Crippen LogP contribution in [-0.2, 0) is 14.2 Å². The fraction of sp³-hybridized carbons (Fsp3) is 0.800. The smallest absolute Gasteiger partial charge is 0.140 e. The highest BCUT2D eigenvalue weighted by Crippen LogP contribution is 2.51. The molecule has 2 aliphatic rings. The average molecular weight is 196 g/mol. The van der Waals surface area contributed by atoms with E-state index in [-0.39, 0.29) is 17.7 Å². The van der Waals surface area contributed by atoms with Gasteiger partial charge in [0.15, 0.2) is 0 Å². The Labute approximate surface area is 85.8 Å². The minimum atomic E-state index is -0.273. The summed E-state index contributed by atoms with van der Waals surface area (Å²) in [4.78, 5) is 0. The van der Waals surface area contributed by atoms with Crippen LogP contribution in [0.5, 0.6) is 0 Å². The molecule has 2 fully saturated rings. The van der Waals surface area contributed by atoms with Crippen molar-refractivity contribution in [3.05, 3.63) is 12.2 Å². The highest BCUT2D eigenvalue weighted by molar-refractivity contribution is 6.11. The van der Waals surface area contributed by atoms with Crippen molar-refractivity contribution in [2.45, 2.75) is 24.1 Å². The van der Waals surface area contributed by atoms with Gasteiger partial charge in [-0.15, -0.1) is 0 Å². The summed E-state index contributed by atoms with van der Waals surface area (Å²) in [7, 11) is 5.52. The van der Waals surface area contributed by atoms with E-state index in [0.29, 0.717) is 12.5 Å². The molecule has 0 N–H and O–H groups in total. The van der Waals surface area contributed by atoms with E-state index in [2.05, 4.69) is 14.4 Å². The quantitative estimate of drug-likeness (QED) is 0.468. The Morgan fingerprint density at radius 1 is 1.64 bits per heavy atom. The first kappa shape index (κ1) is 10.2. The van der Waals surface area contributed by atoms with Crippen LogP contribution in [0.2, 0.25) is 0 Å². The molecule has 2 unspecified atom stereocenters. The Hall–Kier alpha value is -0.315. The molecular weight excluding hydrogens is 179 g/mol. The summed E-state index contributed by atoms with van der Waals surface area (Å²) in [6.07, 6.45) is 0.985. The number of hydrogen-bond donors (Lipinski definition) is 0. The second-order valence-corrected chi connectivity index (χ2v) is 4.34. The second-order valence-electron chi connectivity index (χ2n) is 4.34. The normalized spacial score (nSPS) is 46.1. The second kappa shape index (κ2) is 3.37. The number of fused-ring (bicyclic) bond motifs is 2. The molecule has 2 bridgehead atoms. The number of ether oxygens (including phenoxy) is 3. The van der Waals surface area contributed by atoms with Crippen molar-refractivity contribution in [3.8, 4) is 0 Å². The molecule has 1 aliphatic carbocycles. The van der Waals surface area contributed by atoms with E-state index in [1.807, 2.05) is 0 Å². The molecule has 1 aliphatic heterocycles. The van der Waals surface area contributed by atoms with Crippen LogP contribution in [0.15, 0.2) is 12.2 Å². The van der Waals surface area contributed by atoms with Crippen molar-refractivity contribution >= 4 is 7.85 Å². The zero-order chi connectivity index (χ0) is 10.3. The van der Waals surface area contributed by atoms with Gasteiger partial charge in [0.05, 0.1) is 12.7 Å². The first-order chi connectivity index (χ1) is 6.64. The van der Waals surface area contributed by atoms with Crippen molar-refractivity contribution in [1.82, 2.24) is 0 Å². The lowest BCUT2D eigenvalue weighted by Gasteiger charge is -2.30. The lowest BCUT2D eigenvalue weighted by atomic mass is 9.83. The molecule has 1 saturated heterocycles. The van der Waals surface area contributed by atoms with Gasteiger partial charge in [0.25, 0.3) is 0 Å². The van der Waals surface area contributed by atoms with Crippen LogP contribution in [0.3, 0.4) is 0 Å². The van der Waals surface area contributed by atoms with Crippen molar-refractivity contribution in [2.24, 2.45) is 5.92 Å². The summed E-state index contributed by atoms with van der Waals surface area (Å²) >= 11 is 0. The van der Waals surface area contributed by atoms with E-state index in [1.54, 1.807) is 14.2 Å². The maximum Gasteiger partial charge on any atom is 0.140 e. The summed E-state index contributed by atoms with van der Waals surface area (Å²) in [5.41, 5.74) is 0.970. The Morgan fingerprint density at radius 2 is 2.36 bits per heavy atom. The topological polar surface area (TPSA) is 27.7 Å². The maximum atomic E-state index is 5.95. The minimum Gasteiger partial charge on any atom is -0.382 e. The molecule has 0 radical (unpaired) electrons. The molecular formula is C10H17BO3. The SMILES string of the molecule is B[C@@H]1O[C@]2(COC)CC(=C)C1C2OC. The van der Waals surface area contributed by atoms with Crippen LogP contribution >= 0.6 is 0 Å². The van der Waals surface area contributed by atoms with Gasteiger partial charge in [0.1, 0.15) is 13.4 Å². The minimum absolute atomic E-state index is 0.116. The molecule has 0 amide bonds. The van der Waals surface area contributed by atoms with Gasteiger partial charge < -0.3 is 14.2 Å². The molecule has 78 valence electrons. The highest BCUT2D eigenvalue weighted by atomic mass is 16.6. The molecule has 0 aromatic heterocycles. The summed E-state index contributed by atoms with van der Waals surface area (Å²) in [6.45, 7) is 4.69. The molecule has 1 heterocycles. The third kappa shape index (κ3) is 1.18. The third-order valence-electron chi connectivity index (χ3n) is 3.41. The summed E-state index contributed by atoms with van der Waals surface area (Å²) in [6, 6.07) is 0.205. The van der Waals surface area contributed by atoms with Gasteiger partial charge in [-0.25, -0.2) is 0 Å². The van der Waals surface area contributed by atoms with E-state index < -0.39 is 0 Å². The average Bonchev–Trinajstić information content (AvgIpc) is 2.51. The van der Waals surface area contributed by atoms with E-state index >= 15 is 0 Å². The van der Waals surface area contributed by atoms with Crippen molar-refractivity contribution in [3.63, 3.8) is 0 Å². The van der Waals surface area contributed by atoms with Crippen molar-refractivity contribution in [2.75, 3.05) is 20.8 Å². The zero-order valence-corrected chi connectivity index (χ0v) is 9.08. The summed E-state index contributed by atoms with van der Waals surface area (Å²) in [5, 5.41) is 0. The lowest BCUT2D eigenvalue weighted by Crippen LogP contribution is -2.42. The molecule has 0 aromatic rings. The van der Waals surface area contributed by atoms with Gasteiger partial charge in [-0.1, -0.05) is 12.2 Å². The first-order valence-electron chi connectivity index (χ1n) is 5.02. The van der Waals surface area contributed by atoms with E-state index in [0.717, 1.165) is 6.42 Å². The zero-order valence-electron chi connectivity index (χ0n) is 9.08. The van der Waals surface area contributed by atoms with Gasteiger partial charge in [-0.05, 0) is 0 Å². The van der Waals surface area contributed by atoms with Crippen LogP contribution in [0.25, 0.3) is 0 Å². The Bertz CT molecular complexity index is 256. The highest BCUT2D eigenvalue weighted by Gasteiger charge is 2.60. The van der Waals surface area contributed by atoms with Crippen LogP contribution in [0.1, 0.15) is 6.42 Å². The lowest BCUT2D eigenvalue weighted by molar-refractivity contribution is -0.110. The van der Waals surface area contributed by atoms with E-state index in [4.69, 9.17) is 14.2 Å². The Balaban J connectivity index is 2.27. The third-order valence-corrected chi connectivity index (χ3v) is 3.41. The molecule has 3 nitrogen and oxygen atoms in total. The van der Waals surface area contributed by atoms with Crippen LogP contribution in [0, 0.1) is 5.92 Å². The molecule has 1 saturated carbocycles. The van der Waals surface area contributed by atoms with Crippen molar-refractivity contribution in [1.29, 1.82) is 0 Å². The molecule has 2 rings (SSSR count). The van der Waals surface area contributed by atoms with Crippen LogP contribution < -0.4 is 0 Å².